The number of benzene rings is 1. The number of carbonyl (C=O) groups excluding carboxylic acids is 2. The highest BCUT2D eigenvalue weighted by Crippen LogP contribution is 2.48. The number of halogens is 1. The fourth-order valence-electron chi connectivity index (χ4n) is 4.06. The lowest BCUT2D eigenvalue weighted by Crippen LogP contribution is -2.56. The smallest absolute Gasteiger partial charge is 0.238 e. The number of amides is 1. The minimum Gasteiger partial charge on any atom is -0.331 e. The van der Waals surface area contributed by atoms with Crippen LogP contribution in [0.1, 0.15) is 49.1 Å². The Hall–Kier alpha value is -1.35. The second-order valence-electron chi connectivity index (χ2n) is 6.06. The van der Waals surface area contributed by atoms with E-state index in [1.54, 1.807) is 0 Å². The molecule has 112 valence electrons. The molecule has 21 heavy (non-hydrogen) atoms. The fraction of sp³-hybridized carbons (Fsp3) is 0.529. The molecule has 0 radical (unpaired) electrons. The zero-order valence-corrected chi connectivity index (χ0v) is 12.8. The molecule has 1 aliphatic heterocycles. The van der Waals surface area contributed by atoms with Gasteiger partial charge in [-0.15, -0.1) is 11.6 Å². The third-order valence-electron chi connectivity index (χ3n) is 5.02. The molecule has 3 nitrogen and oxygen atoms in total. The third-order valence-corrected chi connectivity index (χ3v) is 5.25. The van der Waals surface area contributed by atoms with Crippen LogP contribution in [0.25, 0.3) is 0 Å². The van der Waals surface area contributed by atoms with Gasteiger partial charge in [0, 0.05) is 6.54 Å². The number of alkyl halides is 1. The maximum absolute atomic E-state index is 12.4. The average Bonchev–Trinajstić information content (AvgIpc) is 2.56. The van der Waals surface area contributed by atoms with Crippen LogP contribution in [-0.2, 0) is 15.1 Å². The molecule has 0 aromatic heterocycles. The third kappa shape index (κ3) is 2.28. The van der Waals surface area contributed by atoms with Crippen LogP contribution in [0.5, 0.6) is 0 Å². The molecule has 1 spiro atoms. The van der Waals surface area contributed by atoms with Gasteiger partial charge in [0.15, 0.2) is 0 Å². The van der Waals surface area contributed by atoms with E-state index in [1.807, 2.05) is 23.1 Å². The van der Waals surface area contributed by atoms with Crippen LogP contribution >= 0.6 is 11.6 Å². The van der Waals surface area contributed by atoms with Gasteiger partial charge in [0.25, 0.3) is 0 Å². The average molecular weight is 306 g/mol. The van der Waals surface area contributed by atoms with E-state index in [0.717, 1.165) is 43.1 Å². The van der Waals surface area contributed by atoms with Crippen molar-refractivity contribution in [1.29, 1.82) is 0 Å². The first-order valence-corrected chi connectivity index (χ1v) is 8.17. The van der Waals surface area contributed by atoms with Crippen LogP contribution < -0.4 is 0 Å². The quantitative estimate of drug-likeness (QED) is 0.621. The van der Waals surface area contributed by atoms with Crippen molar-refractivity contribution in [2.75, 3.05) is 12.4 Å². The van der Waals surface area contributed by atoms with Crippen molar-refractivity contribution in [2.45, 2.75) is 43.6 Å². The molecule has 1 aromatic carbocycles. The monoisotopic (exact) mass is 305 g/mol. The fourth-order valence-corrected chi connectivity index (χ4v) is 4.21. The van der Waals surface area contributed by atoms with Gasteiger partial charge in [-0.25, -0.2) is 0 Å². The summed E-state index contributed by atoms with van der Waals surface area (Å²) >= 11 is 5.83. The molecule has 0 N–H and O–H groups in total. The van der Waals surface area contributed by atoms with Crippen molar-refractivity contribution in [3.63, 3.8) is 0 Å². The number of hydrogen-bond donors (Lipinski definition) is 0. The molecule has 1 fully saturated rings. The van der Waals surface area contributed by atoms with Gasteiger partial charge in [-0.3, -0.25) is 4.79 Å². The number of aldehydes is 1. The molecular weight excluding hydrogens is 286 g/mol. The molecule has 1 aliphatic carbocycles. The summed E-state index contributed by atoms with van der Waals surface area (Å²) < 4.78 is 0. The molecule has 1 heterocycles. The maximum Gasteiger partial charge on any atom is 0.238 e. The summed E-state index contributed by atoms with van der Waals surface area (Å²) in [4.78, 5) is 25.8. The maximum atomic E-state index is 12.4. The lowest BCUT2D eigenvalue weighted by Gasteiger charge is -2.51. The van der Waals surface area contributed by atoms with E-state index in [1.165, 1.54) is 6.42 Å². The number of nitrogens with zero attached hydrogens (tertiary/aromatic N) is 1. The molecule has 1 atom stereocenters. The minimum absolute atomic E-state index is 0.0184. The van der Waals surface area contributed by atoms with Gasteiger partial charge in [0.1, 0.15) is 12.2 Å². The van der Waals surface area contributed by atoms with Gasteiger partial charge < -0.3 is 9.69 Å². The van der Waals surface area contributed by atoms with Gasteiger partial charge >= 0.3 is 0 Å². The van der Waals surface area contributed by atoms with Crippen LogP contribution in [0.15, 0.2) is 24.3 Å². The van der Waals surface area contributed by atoms with Crippen LogP contribution in [0.2, 0.25) is 0 Å². The number of carbonyl (C=O) groups is 2. The highest BCUT2D eigenvalue weighted by atomic mass is 35.5. The Morgan fingerprint density at radius 3 is 2.67 bits per heavy atom. The zero-order valence-electron chi connectivity index (χ0n) is 12.1. The van der Waals surface area contributed by atoms with E-state index in [-0.39, 0.29) is 23.2 Å². The lowest BCUT2D eigenvalue weighted by atomic mass is 9.69. The molecule has 1 saturated carbocycles. The van der Waals surface area contributed by atoms with E-state index in [9.17, 15) is 9.59 Å². The van der Waals surface area contributed by atoms with Crippen molar-refractivity contribution in [2.24, 2.45) is 0 Å². The van der Waals surface area contributed by atoms with E-state index in [4.69, 9.17) is 11.6 Å². The first-order chi connectivity index (χ1) is 10.2. The van der Waals surface area contributed by atoms with Gasteiger partial charge in [-0.05, 0) is 24.0 Å². The second-order valence-corrected chi connectivity index (χ2v) is 6.33. The predicted octanol–water partition coefficient (Wildman–Crippen LogP) is 3.21. The Kier molecular flexibility index (Phi) is 4.03. The Balaban J connectivity index is 2.14. The first-order valence-electron chi connectivity index (χ1n) is 7.64. The molecule has 4 heteroatoms. The molecule has 3 rings (SSSR count). The SMILES string of the molecule is O=CC1CN(C(=O)CCl)C2(CCCCC2)c2ccccc21. The van der Waals surface area contributed by atoms with Crippen molar-refractivity contribution >= 4 is 23.8 Å². The summed E-state index contributed by atoms with van der Waals surface area (Å²) in [6, 6.07) is 8.11. The van der Waals surface area contributed by atoms with Gasteiger partial charge in [-0.1, -0.05) is 43.5 Å². The predicted molar refractivity (Wildman–Crippen MR) is 82.4 cm³/mol. The Morgan fingerprint density at radius 2 is 2.00 bits per heavy atom. The largest absolute Gasteiger partial charge is 0.331 e. The van der Waals surface area contributed by atoms with Crippen LogP contribution in [0.3, 0.4) is 0 Å². The summed E-state index contributed by atoms with van der Waals surface area (Å²) in [5.41, 5.74) is 2.00. The molecular formula is C17H20ClNO2. The van der Waals surface area contributed by atoms with E-state index < -0.39 is 0 Å². The van der Waals surface area contributed by atoms with Crippen molar-refractivity contribution in [3.8, 4) is 0 Å². The van der Waals surface area contributed by atoms with Gasteiger partial charge in [-0.2, -0.15) is 0 Å². The summed E-state index contributed by atoms with van der Waals surface area (Å²) in [6.45, 7) is 0.464. The van der Waals surface area contributed by atoms with Crippen molar-refractivity contribution in [3.05, 3.63) is 35.4 Å². The zero-order chi connectivity index (χ0) is 14.9. The Morgan fingerprint density at radius 1 is 1.29 bits per heavy atom. The lowest BCUT2D eigenvalue weighted by molar-refractivity contribution is -0.139. The molecule has 0 bridgehead atoms. The summed E-state index contributed by atoms with van der Waals surface area (Å²) in [5, 5.41) is 0. The summed E-state index contributed by atoms with van der Waals surface area (Å²) in [6.07, 6.45) is 6.35. The Labute approximate surface area is 130 Å². The topological polar surface area (TPSA) is 37.4 Å². The highest BCUT2D eigenvalue weighted by molar-refractivity contribution is 6.27. The van der Waals surface area contributed by atoms with Crippen molar-refractivity contribution in [1.82, 2.24) is 4.90 Å². The first kappa shape index (κ1) is 14.6. The second kappa shape index (κ2) is 5.80. The summed E-state index contributed by atoms with van der Waals surface area (Å²) in [7, 11) is 0. The molecule has 1 amide bonds. The van der Waals surface area contributed by atoms with Crippen LogP contribution in [0.4, 0.5) is 0 Å². The summed E-state index contributed by atoms with van der Waals surface area (Å²) in [5.74, 6) is -0.309. The normalized spacial score (nSPS) is 23.7. The number of hydrogen-bond acceptors (Lipinski definition) is 2. The molecule has 2 aliphatic rings. The highest BCUT2D eigenvalue weighted by Gasteiger charge is 2.47. The Bertz CT molecular complexity index is 551. The molecule has 0 saturated heterocycles. The van der Waals surface area contributed by atoms with E-state index in [0.29, 0.717) is 6.54 Å². The molecule has 1 aromatic rings. The standard InChI is InChI=1S/C17H20ClNO2/c18-10-16(21)19-11-13(12-20)14-6-2-3-7-15(14)17(19)8-4-1-5-9-17/h2-3,6-7,12-13H,1,4-5,8-11H2. The molecule has 1 unspecified atom stereocenters. The van der Waals surface area contributed by atoms with Gasteiger partial charge in [0.2, 0.25) is 5.91 Å². The van der Waals surface area contributed by atoms with E-state index >= 15 is 0 Å². The van der Waals surface area contributed by atoms with E-state index in [2.05, 4.69) is 6.07 Å². The van der Waals surface area contributed by atoms with Crippen molar-refractivity contribution < 1.29 is 9.59 Å². The van der Waals surface area contributed by atoms with Crippen LogP contribution in [-0.4, -0.2) is 29.5 Å². The number of fused-ring (bicyclic) bond motifs is 2. The van der Waals surface area contributed by atoms with Crippen LogP contribution in [0, 0.1) is 0 Å². The number of rotatable bonds is 2. The van der Waals surface area contributed by atoms with Gasteiger partial charge in [0.05, 0.1) is 11.5 Å². The minimum atomic E-state index is -0.250.